The van der Waals surface area contributed by atoms with E-state index in [1.54, 1.807) is 0 Å². The minimum absolute atomic E-state index is 0.0324. The zero-order valence-electron chi connectivity index (χ0n) is 10.9. The Balaban J connectivity index is 1.67. The van der Waals surface area contributed by atoms with Gasteiger partial charge in [0.15, 0.2) is 0 Å². The van der Waals surface area contributed by atoms with E-state index in [1.807, 2.05) is 11.3 Å². The molecule has 1 saturated carbocycles. The Kier molecular flexibility index (Phi) is 5.67. The van der Waals surface area contributed by atoms with Crippen molar-refractivity contribution >= 4 is 27.3 Å². The Labute approximate surface area is 122 Å². The molecule has 0 aromatic carbocycles. The molecule has 1 fully saturated rings. The highest BCUT2D eigenvalue weighted by molar-refractivity contribution is 9.10. The lowest BCUT2D eigenvalue weighted by atomic mass is 9.87. The molecule has 0 unspecified atom stereocenters. The molecule has 1 aromatic rings. The van der Waals surface area contributed by atoms with Gasteiger partial charge in [-0.1, -0.05) is 0 Å². The minimum Gasteiger partial charge on any atom is -0.393 e. The summed E-state index contributed by atoms with van der Waals surface area (Å²) < 4.78 is 1.20. The minimum atomic E-state index is -0.0324. The van der Waals surface area contributed by atoms with E-state index >= 15 is 0 Å². The van der Waals surface area contributed by atoms with Crippen molar-refractivity contribution in [1.29, 1.82) is 0 Å². The zero-order chi connectivity index (χ0) is 13.0. The number of aliphatic hydroxyl groups excluding tert-OH is 1. The molecule has 2 rings (SSSR count). The molecule has 1 aliphatic carbocycles. The van der Waals surface area contributed by atoms with Crippen LogP contribution < -0.4 is 0 Å². The molecule has 1 heterocycles. The van der Waals surface area contributed by atoms with Gasteiger partial charge in [0.05, 0.1) is 6.10 Å². The number of thiophene rings is 1. The fraction of sp³-hybridized carbons (Fsp3) is 0.714. The summed E-state index contributed by atoms with van der Waals surface area (Å²) in [6, 6.07) is 2.22. The lowest BCUT2D eigenvalue weighted by Gasteiger charge is -2.29. The lowest BCUT2D eigenvalue weighted by Crippen LogP contribution is -2.30. The summed E-state index contributed by atoms with van der Waals surface area (Å²) in [7, 11) is 2.22. The standard InChI is InChI=1S/C14H22BrNOS/c1-16(7-6-14-8-12(15)10-18-14)9-11-2-4-13(17)5-3-11/h8,10-11,13,17H,2-7,9H2,1H3. The molecule has 4 heteroatoms. The van der Waals surface area contributed by atoms with Gasteiger partial charge in [-0.3, -0.25) is 0 Å². The van der Waals surface area contributed by atoms with Crippen LogP contribution in [0.3, 0.4) is 0 Å². The SMILES string of the molecule is CN(CCc1cc(Br)cs1)CC1CCC(O)CC1. The molecule has 1 aliphatic rings. The summed E-state index contributed by atoms with van der Waals surface area (Å²) in [4.78, 5) is 3.89. The van der Waals surface area contributed by atoms with Crippen LogP contribution in [0.1, 0.15) is 30.6 Å². The van der Waals surface area contributed by atoms with Crippen LogP contribution in [-0.2, 0) is 6.42 Å². The third kappa shape index (κ3) is 4.65. The fourth-order valence-electron chi connectivity index (χ4n) is 2.65. The Morgan fingerprint density at radius 2 is 2.11 bits per heavy atom. The van der Waals surface area contributed by atoms with Crippen molar-refractivity contribution < 1.29 is 5.11 Å². The van der Waals surface area contributed by atoms with Gasteiger partial charge in [0.2, 0.25) is 0 Å². The first-order valence-corrected chi connectivity index (χ1v) is 8.40. The van der Waals surface area contributed by atoms with Crippen molar-refractivity contribution in [2.45, 2.75) is 38.2 Å². The van der Waals surface area contributed by atoms with E-state index in [-0.39, 0.29) is 6.10 Å². The molecule has 0 amide bonds. The highest BCUT2D eigenvalue weighted by atomic mass is 79.9. The Hall–Kier alpha value is 0.1000. The number of halogens is 1. The number of aliphatic hydroxyl groups is 1. The van der Waals surface area contributed by atoms with Crippen molar-refractivity contribution in [3.05, 3.63) is 20.8 Å². The van der Waals surface area contributed by atoms with Crippen LogP contribution in [0.2, 0.25) is 0 Å². The molecule has 0 saturated heterocycles. The molecule has 1 aromatic heterocycles. The van der Waals surface area contributed by atoms with Gasteiger partial charge in [0.25, 0.3) is 0 Å². The lowest BCUT2D eigenvalue weighted by molar-refractivity contribution is 0.0978. The summed E-state index contributed by atoms with van der Waals surface area (Å²) >= 11 is 5.33. The normalized spacial score (nSPS) is 24.7. The van der Waals surface area contributed by atoms with E-state index in [1.165, 1.54) is 28.7 Å². The monoisotopic (exact) mass is 331 g/mol. The first-order chi connectivity index (χ1) is 8.63. The first kappa shape index (κ1) is 14.5. The van der Waals surface area contributed by atoms with E-state index in [2.05, 4.69) is 39.3 Å². The smallest absolute Gasteiger partial charge is 0.0540 e. The summed E-state index contributed by atoms with van der Waals surface area (Å²) in [5.41, 5.74) is 0. The predicted molar refractivity (Wildman–Crippen MR) is 81.2 cm³/mol. The third-order valence-corrected chi connectivity index (χ3v) is 5.51. The van der Waals surface area contributed by atoms with Gasteiger partial charge in [-0.05, 0) is 67.1 Å². The second kappa shape index (κ2) is 7.04. The van der Waals surface area contributed by atoms with Crippen LogP contribution in [0, 0.1) is 5.92 Å². The molecule has 0 atom stereocenters. The van der Waals surface area contributed by atoms with E-state index in [4.69, 9.17) is 0 Å². The largest absolute Gasteiger partial charge is 0.393 e. The van der Waals surface area contributed by atoms with Gasteiger partial charge < -0.3 is 10.0 Å². The molecule has 0 spiro atoms. The van der Waals surface area contributed by atoms with Gasteiger partial charge in [-0.15, -0.1) is 11.3 Å². The summed E-state index contributed by atoms with van der Waals surface area (Å²) in [5.74, 6) is 0.786. The maximum absolute atomic E-state index is 9.50. The van der Waals surface area contributed by atoms with Crippen LogP contribution in [0.5, 0.6) is 0 Å². The van der Waals surface area contributed by atoms with E-state index in [9.17, 15) is 5.11 Å². The maximum Gasteiger partial charge on any atom is 0.0540 e. The van der Waals surface area contributed by atoms with Crippen molar-refractivity contribution in [3.8, 4) is 0 Å². The van der Waals surface area contributed by atoms with E-state index < -0.39 is 0 Å². The molecule has 2 nitrogen and oxygen atoms in total. The van der Waals surface area contributed by atoms with Crippen LogP contribution in [0.4, 0.5) is 0 Å². The third-order valence-electron chi connectivity index (χ3n) is 3.75. The van der Waals surface area contributed by atoms with Gasteiger partial charge in [-0.2, -0.15) is 0 Å². The summed E-state index contributed by atoms with van der Waals surface area (Å²) in [5, 5.41) is 11.6. The summed E-state index contributed by atoms with van der Waals surface area (Å²) in [6.45, 7) is 2.31. The first-order valence-electron chi connectivity index (χ1n) is 6.73. The van der Waals surface area contributed by atoms with Crippen LogP contribution in [0.25, 0.3) is 0 Å². The second-order valence-corrected chi connectivity index (χ2v) is 7.33. The zero-order valence-corrected chi connectivity index (χ0v) is 13.3. The maximum atomic E-state index is 9.50. The second-order valence-electron chi connectivity index (χ2n) is 5.42. The van der Waals surface area contributed by atoms with Crippen LogP contribution >= 0.6 is 27.3 Å². The van der Waals surface area contributed by atoms with Crippen LogP contribution in [-0.4, -0.2) is 36.2 Å². The average Bonchev–Trinajstić information content (AvgIpc) is 2.76. The number of likely N-dealkylation sites (N-methyl/N-ethyl adjacent to an activating group) is 1. The topological polar surface area (TPSA) is 23.5 Å². The fourth-order valence-corrected chi connectivity index (χ4v) is 4.09. The molecular formula is C14H22BrNOS. The number of nitrogens with zero attached hydrogens (tertiary/aromatic N) is 1. The summed E-state index contributed by atoms with van der Waals surface area (Å²) in [6.07, 6.45) is 5.48. The van der Waals surface area contributed by atoms with Crippen LogP contribution in [0.15, 0.2) is 15.9 Å². The van der Waals surface area contributed by atoms with Gasteiger partial charge >= 0.3 is 0 Å². The molecule has 0 bridgehead atoms. The molecular weight excluding hydrogens is 310 g/mol. The Morgan fingerprint density at radius 1 is 1.39 bits per heavy atom. The highest BCUT2D eigenvalue weighted by Gasteiger charge is 2.20. The molecule has 102 valence electrons. The number of hydrogen-bond acceptors (Lipinski definition) is 3. The molecule has 0 radical (unpaired) electrons. The van der Waals surface area contributed by atoms with E-state index in [0.29, 0.717) is 0 Å². The van der Waals surface area contributed by atoms with Gasteiger partial charge in [0.1, 0.15) is 0 Å². The number of hydrogen-bond donors (Lipinski definition) is 1. The quantitative estimate of drug-likeness (QED) is 0.892. The highest BCUT2D eigenvalue weighted by Crippen LogP contribution is 2.25. The van der Waals surface area contributed by atoms with Crippen molar-refractivity contribution in [3.63, 3.8) is 0 Å². The molecule has 18 heavy (non-hydrogen) atoms. The van der Waals surface area contributed by atoms with Crippen molar-refractivity contribution in [2.75, 3.05) is 20.1 Å². The Morgan fingerprint density at radius 3 is 2.72 bits per heavy atom. The van der Waals surface area contributed by atoms with Gasteiger partial charge in [0, 0.05) is 27.8 Å². The van der Waals surface area contributed by atoms with Gasteiger partial charge in [-0.25, -0.2) is 0 Å². The average molecular weight is 332 g/mol. The van der Waals surface area contributed by atoms with E-state index in [0.717, 1.165) is 31.7 Å². The predicted octanol–water partition coefficient (Wildman–Crippen LogP) is 3.54. The number of rotatable bonds is 5. The van der Waals surface area contributed by atoms with Crippen molar-refractivity contribution in [1.82, 2.24) is 4.90 Å². The Bertz CT molecular complexity index is 360. The molecule has 0 aliphatic heterocycles. The molecule has 1 N–H and O–H groups in total. The van der Waals surface area contributed by atoms with Crippen molar-refractivity contribution in [2.24, 2.45) is 5.92 Å².